The second-order valence-corrected chi connectivity index (χ2v) is 4.85. The lowest BCUT2D eigenvalue weighted by atomic mass is 10.1. The molecule has 0 atom stereocenters. The lowest BCUT2D eigenvalue weighted by molar-refractivity contribution is 0.292. The maximum absolute atomic E-state index is 5.71. The molecule has 0 unspecified atom stereocenters. The molecule has 0 saturated carbocycles. The zero-order valence-corrected chi connectivity index (χ0v) is 10.6. The van der Waals surface area contributed by atoms with Crippen LogP contribution >= 0.6 is 0 Å². The quantitative estimate of drug-likeness (QED) is 0.831. The summed E-state index contributed by atoms with van der Waals surface area (Å²) in [6.45, 7) is 5.12. The van der Waals surface area contributed by atoms with E-state index in [0.717, 1.165) is 25.2 Å². The molecule has 18 heavy (non-hydrogen) atoms. The Morgan fingerprint density at radius 1 is 1.11 bits per heavy atom. The van der Waals surface area contributed by atoms with Gasteiger partial charge in [-0.15, -0.1) is 10.2 Å². The lowest BCUT2D eigenvalue weighted by Gasteiger charge is -2.10. The molecule has 94 valence electrons. The number of benzene rings is 1. The summed E-state index contributed by atoms with van der Waals surface area (Å²) < 4.78 is 5.71. The zero-order chi connectivity index (χ0) is 12.4. The van der Waals surface area contributed by atoms with Crippen LogP contribution in [0, 0.1) is 6.92 Å². The van der Waals surface area contributed by atoms with Gasteiger partial charge in [0.25, 0.3) is 0 Å². The van der Waals surface area contributed by atoms with E-state index in [1.165, 1.54) is 18.4 Å². The summed E-state index contributed by atoms with van der Waals surface area (Å²) in [5.41, 5.74) is 2.22. The topological polar surface area (TPSA) is 42.2 Å². The molecule has 0 N–H and O–H groups in total. The minimum Gasteiger partial charge on any atom is -0.419 e. The number of aromatic nitrogens is 2. The van der Waals surface area contributed by atoms with Crippen molar-refractivity contribution in [2.75, 3.05) is 13.1 Å². The van der Waals surface area contributed by atoms with Gasteiger partial charge in [0.05, 0.1) is 6.54 Å². The van der Waals surface area contributed by atoms with Crippen molar-refractivity contribution in [1.82, 2.24) is 15.1 Å². The van der Waals surface area contributed by atoms with E-state index in [9.17, 15) is 0 Å². The van der Waals surface area contributed by atoms with E-state index in [4.69, 9.17) is 4.42 Å². The van der Waals surface area contributed by atoms with Crippen LogP contribution in [0.4, 0.5) is 0 Å². The van der Waals surface area contributed by atoms with Gasteiger partial charge in [-0.05, 0) is 45.0 Å². The van der Waals surface area contributed by atoms with Crippen LogP contribution in [0.25, 0.3) is 11.5 Å². The molecular weight excluding hydrogens is 226 g/mol. The molecule has 4 heteroatoms. The fourth-order valence-electron chi connectivity index (χ4n) is 2.26. The van der Waals surface area contributed by atoms with E-state index in [0.29, 0.717) is 11.8 Å². The van der Waals surface area contributed by atoms with Crippen LogP contribution in [0.1, 0.15) is 24.3 Å². The number of rotatable bonds is 3. The first-order chi connectivity index (χ1) is 8.81. The van der Waals surface area contributed by atoms with Crippen LogP contribution in [-0.2, 0) is 6.54 Å². The van der Waals surface area contributed by atoms with E-state index >= 15 is 0 Å². The highest BCUT2D eigenvalue weighted by molar-refractivity contribution is 5.52. The van der Waals surface area contributed by atoms with Crippen molar-refractivity contribution in [1.29, 1.82) is 0 Å². The Hall–Kier alpha value is -1.68. The molecule has 0 spiro atoms. The average Bonchev–Trinajstić information content (AvgIpc) is 3.02. The smallest absolute Gasteiger partial charge is 0.247 e. The highest BCUT2D eigenvalue weighted by atomic mass is 16.4. The van der Waals surface area contributed by atoms with Gasteiger partial charge >= 0.3 is 0 Å². The molecule has 1 aliphatic rings. The fourth-order valence-corrected chi connectivity index (χ4v) is 2.26. The van der Waals surface area contributed by atoms with Gasteiger partial charge in [0, 0.05) is 5.56 Å². The maximum atomic E-state index is 5.71. The van der Waals surface area contributed by atoms with E-state index in [1.54, 1.807) is 0 Å². The van der Waals surface area contributed by atoms with E-state index in [-0.39, 0.29) is 0 Å². The molecular formula is C14H17N3O. The monoisotopic (exact) mass is 243 g/mol. The predicted molar refractivity (Wildman–Crippen MR) is 69.0 cm³/mol. The third-order valence-corrected chi connectivity index (χ3v) is 3.32. The Morgan fingerprint density at radius 3 is 2.56 bits per heavy atom. The minimum atomic E-state index is 0.615. The number of likely N-dealkylation sites (tertiary alicyclic amines) is 1. The summed E-state index contributed by atoms with van der Waals surface area (Å²) in [5.74, 6) is 1.33. The van der Waals surface area contributed by atoms with Crippen LogP contribution in [0.5, 0.6) is 0 Å². The van der Waals surface area contributed by atoms with E-state index < -0.39 is 0 Å². The van der Waals surface area contributed by atoms with Crippen LogP contribution in [-0.4, -0.2) is 28.2 Å². The molecule has 0 radical (unpaired) electrons. The number of nitrogens with zero attached hydrogens (tertiary/aromatic N) is 3. The second-order valence-electron chi connectivity index (χ2n) is 4.85. The van der Waals surface area contributed by atoms with E-state index in [1.807, 2.05) is 12.1 Å². The molecule has 1 aromatic heterocycles. The molecule has 1 saturated heterocycles. The predicted octanol–water partition coefficient (Wildman–Crippen LogP) is 2.64. The number of aryl methyl sites for hydroxylation is 1. The Kier molecular flexibility index (Phi) is 3.11. The van der Waals surface area contributed by atoms with Gasteiger partial charge in [-0.3, -0.25) is 4.90 Å². The van der Waals surface area contributed by atoms with Crippen molar-refractivity contribution in [2.24, 2.45) is 0 Å². The van der Waals surface area contributed by atoms with E-state index in [2.05, 4.69) is 34.2 Å². The average molecular weight is 243 g/mol. The van der Waals surface area contributed by atoms with Gasteiger partial charge in [0.2, 0.25) is 11.8 Å². The highest BCUT2D eigenvalue weighted by Crippen LogP contribution is 2.19. The molecule has 1 fully saturated rings. The van der Waals surface area contributed by atoms with Crippen molar-refractivity contribution in [3.05, 3.63) is 35.7 Å². The summed E-state index contributed by atoms with van der Waals surface area (Å²) in [6.07, 6.45) is 2.55. The summed E-state index contributed by atoms with van der Waals surface area (Å²) in [4.78, 5) is 2.35. The number of hydrogen-bond acceptors (Lipinski definition) is 4. The minimum absolute atomic E-state index is 0.615. The third kappa shape index (κ3) is 2.43. The summed E-state index contributed by atoms with van der Waals surface area (Å²) in [7, 11) is 0. The van der Waals surface area contributed by atoms with Gasteiger partial charge in [-0.1, -0.05) is 17.7 Å². The molecule has 2 aromatic rings. The van der Waals surface area contributed by atoms with Gasteiger partial charge in [0.15, 0.2) is 0 Å². The lowest BCUT2D eigenvalue weighted by Crippen LogP contribution is -2.18. The molecule has 4 nitrogen and oxygen atoms in total. The van der Waals surface area contributed by atoms with Crippen molar-refractivity contribution >= 4 is 0 Å². The SMILES string of the molecule is Cc1ccc(-c2nnc(CN3CCCC3)o2)cc1. The summed E-state index contributed by atoms with van der Waals surface area (Å²) >= 11 is 0. The van der Waals surface area contributed by atoms with Crippen molar-refractivity contribution in [3.8, 4) is 11.5 Å². The van der Waals surface area contributed by atoms with Crippen LogP contribution in [0.3, 0.4) is 0 Å². The Balaban J connectivity index is 1.74. The molecule has 1 aromatic carbocycles. The first-order valence-corrected chi connectivity index (χ1v) is 6.43. The first kappa shape index (κ1) is 11.4. The summed E-state index contributed by atoms with van der Waals surface area (Å²) in [6, 6.07) is 8.14. The van der Waals surface area contributed by atoms with Gasteiger partial charge < -0.3 is 4.42 Å². The Morgan fingerprint density at radius 2 is 1.83 bits per heavy atom. The zero-order valence-electron chi connectivity index (χ0n) is 10.6. The summed E-state index contributed by atoms with van der Waals surface area (Å²) in [5, 5.41) is 8.23. The van der Waals surface area contributed by atoms with Crippen molar-refractivity contribution in [2.45, 2.75) is 26.3 Å². The van der Waals surface area contributed by atoms with Crippen LogP contribution in [0.15, 0.2) is 28.7 Å². The molecule has 0 aliphatic carbocycles. The van der Waals surface area contributed by atoms with Crippen LogP contribution in [0.2, 0.25) is 0 Å². The third-order valence-electron chi connectivity index (χ3n) is 3.32. The largest absolute Gasteiger partial charge is 0.419 e. The number of hydrogen-bond donors (Lipinski definition) is 0. The molecule has 1 aliphatic heterocycles. The Labute approximate surface area is 107 Å². The normalized spacial score (nSPS) is 16.3. The van der Waals surface area contributed by atoms with Gasteiger partial charge in [-0.2, -0.15) is 0 Å². The molecule has 0 amide bonds. The Bertz CT molecular complexity index is 512. The molecule has 0 bridgehead atoms. The molecule has 3 rings (SSSR count). The standard InChI is InChI=1S/C14H17N3O/c1-11-4-6-12(7-5-11)14-16-15-13(18-14)10-17-8-2-3-9-17/h4-7H,2-3,8-10H2,1H3. The molecule has 2 heterocycles. The van der Waals surface area contributed by atoms with Crippen molar-refractivity contribution < 1.29 is 4.42 Å². The maximum Gasteiger partial charge on any atom is 0.247 e. The van der Waals surface area contributed by atoms with Crippen molar-refractivity contribution in [3.63, 3.8) is 0 Å². The van der Waals surface area contributed by atoms with Gasteiger partial charge in [-0.25, -0.2) is 0 Å². The highest BCUT2D eigenvalue weighted by Gasteiger charge is 2.15. The fraction of sp³-hybridized carbons (Fsp3) is 0.429. The second kappa shape index (κ2) is 4.90. The first-order valence-electron chi connectivity index (χ1n) is 6.43. The van der Waals surface area contributed by atoms with Crippen LogP contribution < -0.4 is 0 Å². The van der Waals surface area contributed by atoms with Gasteiger partial charge in [0.1, 0.15) is 0 Å².